The van der Waals surface area contributed by atoms with Crippen LogP contribution in [0, 0.1) is 0 Å². The van der Waals surface area contributed by atoms with Crippen molar-refractivity contribution in [2.45, 2.75) is 11.7 Å². The maximum atomic E-state index is 12.8. The average molecular weight is 388 g/mol. The van der Waals surface area contributed by atoms with Crippen molar-refractivity contribution in [1.82, 2.24) is 15.1 Å². The fourth-order valence-corrected chi connectivity index (χ4v) is 4.71. The molecule has 3 heterocycles. The predicted molar refractivity (Wildman–Crippen MR) is 103 cm³/mol. The predicted octanol–water partition coefficient (Wildman–Crippen LogP) is 4.64. The summed E-state index contributed by atoms with van der Waals surface area (Å²) in [5.74, 6) is 1.48. The van der Waals surface area contributed by atoms with Gasteiger partial charge in [0.05, 0.1) is 6.26 Å². The highest BCUT2D eigenvalue weighted by atomic mass is 35.5. The summed E-state index contributed by atoms with van der Waals surface area (Å²) in [5, 5.41) is 8.13. The van der Waals surface area contributed by atoms with Gasteiger partial charge in [-0.15, -0.1) is 0 Å². The van der Waals surface area contributed by atoms with E-state index in [4.69, 9.17) is 16.0 Å². The number of nitrogens with zero attached hydrogens (tertiary/aromatic N) is 2. The van der Waals surface area contributed by atoms with Gasteiger partial charge in [0.2, 0.25) is 0 Å². The number of benzene rings is 1. The van der Waals surface area contributed by atoms with Gasteiger partial charge in [0.15, 0.2) is 11.5 Å². The molecule has 134 valence electrons. The van der Waals surface area contributed by atoms with Crippen LogP contribution in [0.25, 0.3) is 11.5 Å². The lowest BCUT2D eigenvalue weighted by Gasteiger charge is -2.19. The standard InChI is InChI=1S/C19H18ClN3O2S/c20-14-5-2-1-4-13(14)18-7-8-23(9-11-26-18)19(24)16-12-15(21-22-16)17-6-3-10-25-17/h1-6,10,12,18H,7-9,11H2,(H,21,22)/t18-/m0/s1. The van der Waals surface area contributed by atoms with E-state index in [2.05, 4.69) is 16.3 Å². The highest BCUT2D eigenvalue weighted by Gasteiger charge is 2.25. The number of hydrogen-bond donors (Lipinski definition) is 1. The zero-order valence-corrected chi connectivity index (χ0v) is 15.6. The monoisotopic (exact) mass is 387 g/mol. The van der Waals surface area contributed by atoms with Crippen molar-refractivity contribution in [1.29, 1.82) is 0 Å². The molecule has 3 aromatic rings. The Morgan fingerprint density at radius 2 is 2.15 bits per heavy atom. The zero-order valence-electron chi connectivity index (χ0n) is 14.0. The van der Waals surface area contributed by atoms with Gasteiger partial charge in [-0.1, -0.05) is 29.8 Å². The number of carbonyl (C=O) groups is 1. The first-order valence-electron chi connectivity index (χ1n) is 8.47. The second-order valence-electron chi connectivity index (χ2n) is 6.11. The number of hydrogen-bond acceptors (Lipinski definition) is 4. The Hall–Kier alpha value is -2.18. The summed E-state index contributed by atoms with van der Waals surface area (Å²) in [5.41, 5.74) is 2.27. The molecule has 1 aromatic carbocycles. The number of amides is 1. The number of nitrogens with one attached hydrogen (secondary N) is 1. The summed E-state index contributed by atoms with van der Waals surface area (Å²) in [7, 11) is 0. The summed E-state index contributed by atoms with van der Waals surface area (Å²) < 4.78 is 5.34. The van der Waals surface area contributed by atoms with Gasteiger partial charge in [-0.25, -0.2) is 0 Å². The molecule has 1 amide bonds. The van der Waals surface area contributed by atoms with E-state index in [1.807, 2.05) is 40.9 Å². The quantitative estimate of drug-likeness (QED) is 0.710. The van der Waals surface area contributed by atoms with Crippen molar-refractivity contribution in [2.75, 3.05) is 18.8 Å². The maximum Gasteiger partial charge on any atom is 0.274 e. The molecule has 1 aliphatic rings. The number of aromatic nitrogens is 2. The summed E-state index contributed by atoms with van der Waals surface area (Å²) in [6, 6.07) is 13.3. The summed E-state index contributed by atoms with van der Waals surface area (Å²) in [6.07, 6.45) is 2.47. The number of carbonyl (C=O) groups excluding carboxylic acids is 1. The molecule has 1 fully saturated rings. The molecule has 0 radical (unpaired) electrons. The van der Waals surface area contributed by atoms with Gasteiger partial charge < -0.3 is 9.32 Å². The Morgan fingerprint density at radius 3 is 2.96 bits per heavy atom. The van der Waals surface area contributed by atoms with E-state index in [0.29, 0.717) is 35.5 Å². The van der Waals surface area contributed by atoms with Crippen LogP contribution in [0.1, 0.15) is 27.7 Å². The molecule has 0 spiro atoms. The Balaban J connectivity index is 1.46. The smallest absolute Gasteiger partial charge is 0.274 e. The summed E-state index contributed by atoms with van der Waals surface area (Å²) in [4.78, 5) is 14.7. The largest absolute Gasteiger partial charge is 0.463 e. The number of thioether (sulfide) groups is 1. The van der Waals surface area contributed by atoms with E-state index in [0.717, 1.165) is 22.8 Å². The van der Waals surface area contributed by atoms with Crippen LogP contribution >= 0.6 is 23.4 Å². The molecule has 1 aliphatic heterocycles. The van der Waals surface area contributed by atoms with Gasteiger partial charge in [0.1, 0.15) is 5.69 Å². The molecule has 1 N–H and O–H groups in total. The minimum atomic E-state index is -0.0561. The van der Waals surface area contributed by atoms with E-state index in [1.54, 1.807) is 18.4 Å². The van der Waals surface area contributed by atoms with Gasteiger partial charge in [0, 0.05) is 35.2 Å². The number of rotatable bonds is 3. The zero-order chi connectivity index (χ0) is 17.9. The van der Waals surface area contributed by atoms with Crippen LogP contribution in [-0.2, 0) is 0 Å². The van der Waals surface area contributed by atoms with Gasteiger partial charge >= 0.3 is 0 Å². The molecule has 0 saturated carbocycles. The molecule has 1 atom stereocenters. The molecule has 5 nitrogen and oxygen atoms in total. The number of furan rings is 1. The van der Waals surface area contributed by atoms with Crippen molar-refractivity contribution in [3.63, 3.8) is 0 Å². The minimum Gasteiger partial charge on any atom is -0.463 e. The third-order valence-electron chi connectivity index (χ3n) is 4.46. The third kappa shape index (κ3) is 3.52. The number of aromatic amines is 1. The first kappa shape index (κ1) is 17.2. The normalized spacial score (nSPS) is 17.9. The Morgan fingerprint density at radius 1 is 1.27 bits per heavy atom. The molecule has 1 saturated heterocycles. The van der Waals surface area contributed by atoms with Gasteiger partial charge in [-0.3, -0.25) is 9.89 Å². The summed E-state index contributed by atoms with van der Waals surface area (Å²) in [6.45, 7) is 1.39. The average Bonchev–Trinajstić information content (AvgIpc) is 3.29. The van der Waals surface area contributed by atoms with Crippen LogP contribution < -0.4 is 0 Å². The molecule has 0 aliphatic carbocycles. The lowest BCUT2D eigenvalue weighted by atomic mass is 10.1. The van der Waals surface area contributed by atoms with Crippen molar-refractivity contribution in [3.8, 4) is 11.5 Å². The third-order valence-corrected chi connectivity index (χ3v) is 6.12. The van der Waals surface area contributed by atoms with Crippen LogP contribution in [-0.4, -0.2) is 39.8 Å². The van der Waals surface area contributed by atoms with Crippen molar-refractivity contribution < 1.29 is 9.21 Å². The lowest BCUT2D eigenvalue weighted by molar-refractivity contribution is 0.0760. The first-order valence-corrected chi connectivity index (χ1v) is 9.89. The second-order valence-corrected chi connectivity index (χ2v) is 7.82. The van der Waals surface area contributed by atoms with Crippen LogP contribution in [0.2, 0.25) is 5.02 Å². The van der Waals surface area contributed by atoms with E-state index in [-0.39, 0.29) is 5.91 Å². The molecule has 4 rings (SSSR count). The molecule has 0 bridgehead atoms. The fourth-order valence-electron chi connectivity index (χ4n) is 3.11. The van der Waals surface area contributed by atoms with E-state index >= 15 is 0 Å². The van der Waals surface area contributed by atoms with Crippen LogP contribution in [0.15, 0.2) is 53.1 Å². The molecular weight excluding hydrogens is 370 g/mol. The van der Waals surface area contributed by atoms with Gasteiger partial charge in [-0.05, 0) is 30.2 Å². The highest BCUT2D eigenvalue weighted by molar-refractivity contribution is 7.99. The minimum absolute atomic E-state index is 0.0561. The molecular formula is C19H18ClN3O2S. The number of H-pyrrole nitrogens is 1. The van der Waals surface area contributed by atoms with Crippen molar-refractivity contribution >= 4 is 29.3 Å². The molecule has 26 heavy (non-hydrogen) atoms. The highest BCUT2D eigenvalue weighted by Crippen LogP contribution is 2.38. The first-order chi connectivity index (χ1) is 12.7. The van der Waals surface area contributed by atoms with Crippen LogP contribution in [0.4, 0.5) is 0 Å². The van der Waals surface area contributed by atoms with Gasteiger partial charge in [0.25, 0.3) is 5.91 Å². The maximum absolute atomic E-state index is 12.8. The molecule has 7 heteroatoms. The van der Waals surface area contributed by atoms with E-state index < -0.39 is 0 Å². The molecule has 2 aromatic heterocycles. The number of halogens is 1. The Labute approximate surface area is 160 Å². The molecule has 0 unspecified atom stereocenters. The summed E-state index contributed by atoms with van der Waals surface area (Å²) >= 11 is 8.19. The van der Waals surface area contributed by atoms with E-state index in [1.165, 1.54) is 0 Å². The second kappa shape index (κ2) is 7.60. The van der Waals surface area contributed by atoms with Crippen molar-refractivity contribution in [3.05, 3.63) is 65.0 Å². The van der Waals surface area contributed by atoms with Crippen molar-refractivity contribution in [2.24, 2.45) is 0 Å². The Bertz CT molecular complexity index is 894. The SMILES string of the molecule is O=C(c1cc(-c2ccco2)[nH]n1)N1CCS[C@H](c2ccccc2Cl)CC1. The fraction of sp³-hybridized carbons (Fsp3) is 0.263. The van der Waals surface area contributed by atoms with Gasteiger partial charge in [-0.2, -0.15) is 16.9 Å². The lowest BCUT2D eigenvalue weighted by Crippen LogP contribution is -2.33. The van der Waals surface area contributed by atoms with Crippen LogP contribution in [0.5, 0.6) is 0 Å². The van der Waals surface area contributed by atoms with E-state index in [9.17, 15) is 4.79 Å². The topological polar surface area (TPSA) is 62.1 Å². The van der Waals surface area contributed by atoms with Crippen LogP contribution in [0.3, 0.4) is 0 Å². The Kier molecular flexibility index (Phi) is 5.04.